The summed E-state index contributed by atoms with van der Waals surface area (Å²) in [5.74, 6) is 0. The minimum absolute atomic E-state index is 0.350. The Balaban J connectivity index is 2.38. The van der Waals surface area contributed by atoms with Crippen LogP contribution < -0.4 is 11.5 Å². The van der Waals surface area contributed by atoms with Crippen LogP contribution in [0.25, 0.3) is 0 Å². The van der Waals surface area contributed by atoms with Crippen molar-refractivity contribution in [3.8, 4) is 0 Å². The van der Waals surface area contributed by atoms with E-state index < -0.39 is 5.41 Å². The van der Waals surface area contributed by atoms with Crippen molar-refractivity contribution in [1.29, 1.82) is 0 Å². The first-order valence-corrected chi connectivity index (χ1v) is 7.54. The molecule has 0 amide bonds. The number of benzene rings is 2. The molecule has 0 saturated heterocycles. The maximum Gasteiger partial charge on any atom is 0.0865 e. The molecule has 0 aliphatic heterocycles. The van der Waals surface area contributed by atoms with E-state index in [1.54, 1.807) is 0 Å². The van der Waals surface area contributed by atoms with Crippen molar-refractivity contribution in [2.45, 2.75) is 12.8 Å². The number of thiocarbonyl (C=S) groups is 2. The molecule has 21 heavy (non-hydrogen) atoms. The molecular weight excluding hydrogens is 296 g/mol. The Morgan fingerprint density at radius 3 is 1.33 bits per heavy atom. The minimum Gasteiger partial charge on any atom is -0.392 e. The first-order chi connectivity index (χ1) is 10.0. The molecule has 0 aliphatic carbocycles. The molecule has 2 aromatic rings. The summed E-state index contributed by atoms with van der Waals surface area (Å²) in [5, 5.41) is 0. The average molecular weight is 314 g/mol. The van der Waals surface area contributed by atoms with Gasteiger partial charge in [-0.3, -0.25) is 0 Å². The normalized spacial score (nSPS) is 11.0. The Morgan fingerprint density at radius 2 is 1.05 bits per heavy atom. The van der Waals surface area contributed by atoms with E-state index in [4.69, 9.17) is 35.9 Å². The first kappa shape index (κ1) is 15.6. The van der Waals surface area contributed by atoms with Crippen molar-refractivity contribution in [2.24, 2.45) is 16.9 Å². The molecular formula is C17H18N2S2. The summed E-state index contributed by atoms with van der Waals surface area (Å²) in [6.45, 7) is 0. The van der Waals surface area contributed by atoms with Crippen LogP contribution in [0.15, 0.2) is 60.7 Å². The lowest BCUT2D eigenvalue weighted by atomic mass is 9.76. The van der Waals surface area contributed by atoms with Gasteiger partial charge < -0.3 is 11.5 Å². The summed E-state index contributed by atoms with van der Waals surface area (Å²) < 4.78 is 0. The Morgan fingerprint density at radius 1 is 0.714 bits per heavy atom. The fourth-order valence-electron chi connectivity index (χ4n) is 2.42. The highest BCUT2D eigenvalue weighted by atomic mass is 32.1. The van der Waals surface area contributed by atoms with E-state index in [0.717, 1.165) is 11.1 Å². The molecule has 0 heterocycles. The van der Waals surface area contributed by atoms with E-state index in [1.165, 1.54) is 0 Å². The second kappa shape index (κ2) is 6.78. The van der Waals surface area contributed by atoms with Gasteiger partial charge in [0.1, 0.15) is 0 Å². The molecule has 0 atom stereocenters. The zero-order valence-electron chi connectivity index (χ0n) is 11.7. The van der Waals surface area contributed by atoms with Gasteiger partial charge >= 0.3 is 0 Å². The van der Waals surface area contributed by atoms with Gasteiger partial charge in [0.2, 0.25) is 0 Å². The van der Waals surface area contributed by atoms with E-state index in [0.29, 0.717) is 22.8 Å². The standard InChI is InChI=1S/C17H18N2S2/c18-15(20)17(16(19)21,11-13-7-3-1-4-8-13)12-14-9-5-2-6-10-14/h1-10H,11-12H2,(H2,18,20)(H2,19,21). The van der Waals surface area contributed by atoms with Gasteiger partial charge in [-0.2, -0.15) is 0 Å². The third kappa shape index (κ3) is 3.65. The van der Waals surface area contributed by atoms with Crippen LogP contribution in [0.2, 0.25) is 0 Å². The smallest absolute Gasteiger partial charge is 0.0865 e. The van der Waals surface area contributed by atoms with Gasteiger partial charge in [0.15, 0.2) is 0 Å². The largest absolute Gasteiger partial charge is 0.392 e. The number of hydrogen-bond acceptors (Lipinski definition) is 2. The van der Waals surface area contributed by atoms with E-state index >= 15 is 0 Å². The molecule has 0 spiro atoms. The van der Waals surface area contributed by atoms with Gasteiger partial charge in [-0.05, 0) is 24.0 Å². The van der Waals surface area contributed by atoms with E-state index in [9.17, 15) is 0 Å². The van der Waals surface area contributed by atoms with Crippen molar-refractivity contribution in [3.63, 3.8) is 0 Å². The summed E-state index contributed by atoms with van der Waals surface area (Å²) in [7, 11) is 0. The van der Waals surface area contributed by atoms with Crippen molar-refractivity contribution in [1.82, 2.24) is 0 Å². The lowest BCUT2D eigenvalue weighted by Crippen LogP contribution is -2.49. The van der Waals surface area contributed by atoms with Crippen molar-refractivity contribution < 1.29 is 0 Å². The molecule has 4 heteroatoms. The van der Waals surface area contributed by atoms with Gasteiger partial charge in [-0.1, -0.05) is 85.1 Å². The highest BCUT2D eigenvalue weighted by Crippen LogP contribution is 2.29. The second-order valence-corrected chi connectivity index (χ2v) is 6.02. The van der Waals surface area contributed by atoms with Gasteiger partial charge in [0, 0.05) is 0 Å². The predicted molar refractivity (Wildman–Crippen MR) is 96.3 cm³/mol. The topological polar surface area (TPSA) is 52.0 Å². The van der Waals surface area contributed by atoms with Crippen LogP contribution in [0, 0.1) is 5.41 Å². The van der Waals surface area contributed by atoms with Crippen LogP contribution >= 0.6 is 24.4 Å². The molecule has 2 aromatic carbocycles. The Labute approximate surface area is 136 Å². The Hall–Kier alpha value is -1.78. The summed E-state index contributed by atoms with van der Waals surface area (Å²) in [6.07, 6.45) is 1.24. The fourth-order valence-corrected chi connectivity index (χ4v) is 2.99. The van der Waals surface area contributed by atoms with Crippen LogP contribution in [0.3, 0.4) is 0 Å². The zero-order valence-corrected chi connectivity index (χ0v) is 13.3. The molecule has 0 radical (unpaired) electrons. The quantitative estimate of drug-likeness (QED) is 0.805. The lowest BCUT2D eigenvalue weighted by Gasteiger charge is -2.32. The Bertz CT molecular complexity index is 566. The molecule has 0 aliphatic rings. The SMILES string of the molecule is NC(=S)C(Cc1ccccc1)(Cc1ccccc1)C(N)=S. The molecule has 0 aromatic heterocycles. The summed E-state index contributed by atoms with van der Waals surface area (Å²) in [6, 6.07) is 20.1. The van der Waals surface area contributed by atoms with Crippen molar-refractivity contribution in [2.75, 3.05) is 0 Å². The van der Waals surface area contributed by atoms with E-state index in [1.807, 2.05) is 60.7 Å². The summed E-state index contributed by atoms with van der Waals surface area (Å²) in [5.41, 5.74) is 13.6. The van der Waals surface area contributed by atoms with Crippen LogP contribution in [-0.4, -0.2) is 9.98 Å². The molecule has 4 N–H and O–H groups in total. The zero-order chi connectivity index (χ0) is 15.3. The highest BCUT2D eigenvalue weighted by Gasteiger charge is 2.37. The van der Waals surface area contributed by atoms with Gasteiger partial charge in [0.25, 0.3) is 0 Å². The molecule has 2 rings (SSSR count). The summed E-state index contributed by atoms with van der Waals surface area (Å²) >= 11 is 10.6. The minimum atomic E-state index is -0.673. The number of hydrogen-bond donors (Lipinski definition) is 2. The van der Waals surface area contributed by atoms with Crippen LogP contribution in [0.5, 0.6) is 0 Å². The maximum absolute atomic E-state index is 6.03. The van der Waals surface area contributed by atoms with Crippen LogP contribution in [-0.2, 0) is 12.8 Å². The monoisotopic (exact) mass is 314 g/mol. The van der Waals surface area contributed by atoms with Crippen molar-refractivity contribution in [3.05, 3.63) is 71.8 Å². The van der Waals surface area contributed by atoms with E-state index in [-0.39, 0.29) is 0 Å². The fraction of sp³-hybridized carbons (Fsp3) is 0.176. The van der Waals surface area contributed by atoms with Crippen LogP contribution in [0.4, 0.5) is 0 Å². The Kier molecular flexibility index (Phi) is 5.04. The molecule has 0 bridgehead atoms. The molecule has 108 valence electrons. The van der Waals surface area contributed by atoms with Crippen LogP contribution in [0.1, 0.15) is 11.1 Å². The summed E-state index contributed by atoms with van der Waals surface area (Å²) in [4.78, 5) is 0.699. The number of rotatable bonds is 6. The molecule has 2 nitrogen and oxygen atoms in total. The predicted octanol–water partition coefficient (Wildman–Crippen LogP) is 3.03. The molecule has 0 saturated carbocycles. The van der Waals surface area contributed by atoms with Gasteiger partial charge in [0.05, 0.1) is 15.4 Å². The molecule has 0 fully saturated rings. The average Bonchev–Trinajstić information content (AvgIpc) is 2.48. The highest BCUT2D eigenvalue weighted by molar-refractivity contribution is 7.82. The van der Waals surface area contributed by atoms with Gasteiger partial charge in [-0.15, -0.1) is 0 Å². The molecule has 0 unspecified atom stereocenters. The first-order valence-electron chi connectivity index (χ1n) is 6.72. The van der Waals surface area contributed by atoms with E-state index in [2.05, 4.69) is 0 Å². The van der Waals surface area contributed by atoms with Crippen molar-refractivity contribution >= 4 is 34.4 Å². The second-order valence-electron chi connectivity index (χ2n) is 5.14. The lowest BCUT2D eigenvalue weighted by molar-refractivity contribution is 0.572. The number of nitrogens with two attached hydrogens (primary N) is 2. The third-order valence-corrected chi connectivity index (χ3v) is 4.42. The van der Waals surface area contributed by atoms with Gasteiger partial charge in [-0.25, -0.2) is 0 Å². The maximum atomic E-state index is 6.03. The third-order valence-electron chi connectivity index (χ3n) is 3.64.